The zero-order chi connectivity index (χ0) is 8.65. The van der Waals surface area contributed by atoms with Gasteiger partial charge in [-0.2, -0.15) is 0 Å². The lowest BCUT2D eigenvalue weighted by Crippen LogP contribution is -1.85. The largest absolute Gasteiger partial charge is 0.396 e. The van der Waals surface area contributed by atoms with Crippen LogP contribution in [-0.4, -0.2) is 16.7 Å². The molecule has 0 atom stereocenters. The first-order chi connectivity index (χ1) is 5.93. The van der Waals surface area contributed by atoms with Gasteiger partial charge in [-0.15, -0.1) is 11.3 Å². The average molecular weight is 185 g/mol. The number of unbranched alkanes of at least 4 members (excludes halogenated alkanes) is 3. The second-order valence-electron chi connectivity index (χ2n) is 2.86. The first kappa shape index (κ1) is 9.68. The second kappa shape index (κ2) is 6.14. The van der Waals surface area contributed by atoms with Gasteiger partial charge in [0.05, 0.1) is 5.51 Å². The van der Waals surface area contributed by atoms with Crippen molar-refractivity contribution in [2.45, 2.75) is 32.1 Å². The van der Waals surface area contributed by atoms with Crippen molar-refractivity contribution in [1.82, 2.24) is 4.98 Å². The fourth-order valence-corrected chi connectivity index (χ4v) is 1.77. The van der Waals surface area contributed by atoms with Crippen LogP contribution in [0.15, 0.2) is 11.7 Å². The van der Waals surface area contributed by atoms with Gasteiger partial charge in [0.15, 0.2) is 0 Å². The predicted octanol–water partition coefficient (Wildman–Crippen LogP) is 2.24. The summed E-state index contributed by atoms with van der Waals surface area (Å²) in [6, 6.07) is 0. The zero-order valence-electron chi connectivity index (χ0n) is 7.20. The Morgan fingerprint density at radius 3 is 2.75 bits per heavy atom. The van der Waals surface area contributed by atoms with Gasteiger partial charge in [-0.25, -0.2) is 0 Å². The van der Waals surface area contributed by atoms with Crippen molar-refractivity contribution in [2.75, 3.05) is 6.61 Å². The van der Waals surface area contributed by atoms with Crippen molar-refractivity contribution in [3.63, 3.8) is 0 Å². The predicted molar refractivity (Wildman–Crippen MR) is 51.4 cm³/mol. The molecule has 0 radical (unpaired) electrons. The molecule has 0 aromatic carbocycles. The second-order valence-corrected chi connectivity index (χ2v) is 3.83. The van der Waals surface area contributed by atoms with E-state index >= 15 is 0 Å². The number of aliphatic hydroxyl groups is 1. The van der Waals surface area contributed by atoms with Gasteiger partial charge in [-0.05, 0) is 19.3 Å². The van der Waals surface area contributed by atoms with E-state index in [1.165, 1.54) is 17.7 Å². The molecule has 0 aliphatic carbocycles. The number of aromatic nitrogens is 1. The minimum atomic E-state index is 0.334. The zero-order valence-corrected chi connectivity index (χ0v) is 8.02. The minimum Gasteiger partial charge on any atom is -0.396 e. The maximum Gasteiger partial charge on any atom is 0.0794 e. The third-order valence-corrected chi connectivity index (χ3v) is 2.65. The van der Waals surface area contributed by atoms with Gasteiger partial charge in [0, 0.05) is 17.7 Å². The highest BCUT2D eigenvalue weighted by Crippen LogP contribution is 2.10. The smallest absolute Gasteiger partial charge is 0.0794 e. The maximum atomic E-state index is 8.54. The van der Waals surface area contributed by atoms with Crippen LogP contribution in [0.3, 0.4) is 0 Å². The summed E-state index contributed by atoms with van der Waals surface area (Å²) in [5.41, 5.74) is 1.88. The van der Waals surface area contributed by atoms with Gasteiger partial charge >= 0.3 is 0 Å². The Morgan fingerprint density at radius 1 is 1.25 bits per heavy atom. The highest BCUT2D eigenvalue weighted by atomic mass is 32.1. The number of aryl methyl sites for hydroxylation is 1. The van der Waals surface area contributed by atoms with Crippen molar-refractivity contribution in [2.24, 2.45) is 0 Å². The van der Waals surface area contributed by atoms with Gasteiger partial charge in [0.25, 0.3) is 0 Å². The molecule has 0 bridgehead atoms. The molecule has 1 aromatic rings. The molecule has 2 nitrogen and oxygen atoms in total. The van der Waals surface area contributed by atoms with Crippen molar-refractivity contribution in [3.05, 3.63) is 16.6 Å². The standard InChI is InChI=1S/C9H15NOS/c11-6-4-2-1-3-5-9-7-10-8-12-9/h7-8,11H,1-6H2. The Labute approximate surface area is 77.3 Å². The monoisotopic (exact) mass is 185 g/mol. The summed E-state index contributed by atoms with van der Waals surface area (Å²) < 4.78 is 0. The number of aliphatic hydroxyl groups excluding tert-OH is 1. The first-order valence-electron chi connectivity index (χ1n) is 4.41. The van der Waals surface area contributed by atoms with Crippen LogP contribution in [0.25, 0.3) is 0 Å². The molecule has 0 amide bonds. The van der Waals surface area contributed by atoms with Crippen LogP contribution in [0.2, 0.25) is 0 Å². The van der Waals surface area contributed by atoms with Crippen molar-refractivity contribution in [3.8, 4) is 0 Å². The van der Waals surface area contributed by atoms with Crippen molar-refractivity contribution >= 4 is 11.3 Å². The van der Waals surface area contributed by atoms with Gasteiger partial charge in [-0.3, -0.25) is 4.98 Å². The highest BCUT2D eigenvalue weighted by Gasteiger charge is 1.94. The van der Waals surface area contributed by atoms with Crippen LogP contribution < -0.4 is 0 Å². The molecule has 0 spiro atoms. The van der Waals surface area contributed by atoms with E-state index in [-0.39, 0.29) is 0 Å². The fourth-order valence-electron chi connectivity index (χ4n) is 1.13. The molecule has 0 unspecified atom stereocenters. The van der Waals surface area contributed by atoms with E-state index in [4.69, 9.17) is 5.11 Å². The Bertz CT molecular complexity index is 186. The van der Waals surface area contributed by atoms with E-state index in [2.05, 4.69) is 4.98 Å². The Kier molecular flexibility index (Phi) is 4.95. The third kappa shape index (κ3) is 3.83. The lowest BCUT2D eigenvalue weighted by Gasteiger charge is -1.96. The molecule has 1 N–H and O–H groups in total. The Balaban J connectivity index is 1.96. The molecule has 68 valence electrons. The first-order valence-corrected chi connectivity index (χ1v) is 5.29. The summed E-state index contributed by atoms with van der Waals surface area (Å²) in [5.74, 6) is 0. The molecule has 1 rings (SSSR count). The van der Waals surface area contributed by atoms with Crippen molar-refractivity contribution in [1.29, 1.82) is 0 Å². The Morgan fingerprint density at radius 2 is 2.08 bits per heavy atom. The molecule has 0 saturated heterocycles. The van der Waals surface area contributed by atoms with Crippen LogP contribution in [0.1, 0.15) is 30.6 Å². The number of hydrogen-bond acceptors (Lipinski definition) is 3. The molecular weight excluding hydrogens is 170 g/mol. The maximum absolute atomic E-state index is 8.54. The molecule has 1 heterocycles. The summed E-state index contributed by atoms with van der Waals surface area (Å²) in [6.07, 6.45) is 7.63. The summed E-state index contributed by atoms with van der Waals surface area (Å²) in [4.78, 5) is 5.39. The average Bonchev–Trinajstić information content (AvgIpc) is 2.57. The lowest BCUT2D eigenvalue weighted by molar-refractivity contribution is 0.282. The van der Waals surface area contributed by atoms with Gasteiger partial charge in [-0.1, -0.05) is 12.8 Å². The van der Waals surface area contributed by atoms with Crippen LogP contribution in [0, 0.1) is 0 Å². The van der Waals surface area contributed by atoms with E-state index < -0.39 is 0 Å². The van der Waals surface area contributed by atoms with Crippen molar-refractivity contribution < 1.29 is 5.11 Å². The molecule has 0 saturated carbocycles. The van der Waals surface area contributed by atoms with Crippen LogP contribution in [-0.2, 0) is 6.42 Å². The number of thiazole rings is 1. The fraction of sp³-hybridized carbons (Fsp3) is 0.667. The SMILES string of the molecule is OCCCCCCc1cncs1. The molecule has 0 aliphatic heterocycles. The molecule has 0 fully saturated rings. The lowest BCUT2D eigenvalue weighted by atomic mass is 10.1. The van der Waals surface area contributed by atoms with Gasteiger partial charge in [0.2, 0.25) is 0 Å². The minimum absolute atomic E-state index is 0.334. The van der Waals surface area contributed by atoms with Gasteiger partial charge in [0.1, 0.15) is 0 Å². The normalized spacial score (nSPS) is 10.4. The Hall–Kier alpha value is -0.410. The quantitative estimate of drug-likeness (QED) is 0.689. The topological polar surface area (TPSA) is 33.1 Å². The molecule has 0 aliphatic rings. The number of nitrogens with zero attached hydrogens (tertiary/aromatic N) is 1. The van der Waals surface area contributed by atoms with Gasteiger partial charge < -0.3 is 5.11 Å². The van der Waals surface area contributed by atoms with E-state index in [9.17, 15) is 0 Å². The van der Waals surface area contributed by atoms with E-state index in [0.717, 1.165) is 19.3 Å². The van der Waals surface area contributed by atoms with E-state index in [0.29, 0.717) is 6.61 Å². The number of rotatable bonds is 6. The summed E-state index contributed by atoms with van der Waals surface area (Å²) in [5, 5.41) is 8.54. The van der Waals surface area contributed by atoms with Crippen LogP contribution in [0.4, 0.5) is 0 Å². The molecule has 3 heteroatoms. The highest BCUT2D eigenvalue weighted by molar-refractivity contribution is 7.09. The van der Waals surface area contributed by atoms with E-state index in [1.807, 2.05) is 11.7 Å². The van der Waals surface area contributed by atoms with Crippen LogP contribution in [0.5, 0.6) is 0 Å². The summed E-state index contributed by atoms with van der Waals surface area (Å²) in [7, 11) is 0. The molecular formula is C9H15NOS. The third-order valence-electron chi connectivity index (χ3n) is 1.81. The summed E-state index contributed by atoms with van der Waals surface area (Å²) >= 11 is 1.73. The van der Waals surface area contributed by atoms with Crippen LogP contribution >= 0.6 is 11.3 Å². The molecule has 1 aromatic heterocycles. The summed E-state index contributed by atoms with van der Waals surface area (Å²) in [6.45, 7) is 0.334. The van der Waals surface area contributed by atoms with E-state index in [1.54, 1.807) is 11.3 Å². The molecule has 12 heavy (non-hydrogen) atoms. The number of hydrogen-bond donors (Lipinski definition) is 1.